The van der Waals surface area contributed by atoms with Crippen LogP contribution in [0.4, 0.5) is 0 Å². The van der Waals surface area contributed by atoms with Crippen molar-refractivity contribution in [2.75, 3.05) is 13.2 Å². The lowest BCUT2D eigenvalue weighted by molar-refractivity contribution is -0.127. The first kappa shape index (κ1) is 17.1. The maximum atomic E-state index is 12.4. The number of fused-ring (bicyclic) bond motifs is 1. The van der Waals surface area contributed by atoms with Gasteiger partial charge in [-0.2, -0.15) is 0 Å². The highest BCUT2D eigenvalue weighted by atomic mass is 16.6. The van der Waals surface area contributed by atoms with Gasteiger partial charge in [0.05, 0.1) is 6.04 Å². The Morgan fingerprint density at radius 3 is 2.44 bits per heavy atom. The van der Waals surface area contributed by atoms with E-state index in [1.807, 2.05) is 56.3 Å². The average molecular weight is 341 g/mol. The molecule has 3 rings (SSSR count). The summed E-state index contributed by atoms with van der Waals surface area (Å²) in [6.07, 6.45) is -0.581. The van der Waals surface area contributed by atoms with Crippen LogP contribution >= 0.6 is 0 Å². The molecule has 1 aliphatic rings. The van der Waals surface area contributed by atoms with E-state index >= 15 is 0 Å². The Morgan fingerprint density at radius 2 is 1.72 bits per heavy atom. The Kier molecular flexibility index (Phi) is 5.12. The SMILES string of the molecule is Cc1ccc(OC(C)C(=O)NC(C)c2ccc3c(c2)OCCO3)cc1. The molecule has 5 nitrogen and oxygen atoms in total. The van der Waals surface area contributed by atoms with Gasteiger partial charge in [-0.05, 0) is 50.6 Å². The normalized spacial score (nSPS) is 15.2. The number of rotatable bonds is 5. The van der Waals surface area contributed by atoms with Gasteiger partial charge < -0.3 is 19.5 Å². The molecule has 0 bridgehead atoms. The minimum atomic E-state index is -0.581. The van der Waals surface area contributed by atoms with Crippen LogP contribution in [-0.4, -0.2) is 25.2 Å². The summed E-state index contributed by atoms with van der Waals surface area (Å²) in [4.78, 5) is 12.4. The molecular formula is C20H23NO4. The van der Waals surface area contributed by atoms with E-state index in [4.69, 9.17) is 14.2 Å². The Hall–Kier alpha value is -2.69. The van der Waals surface area contributed by atoms with Crippen LogP contribution in [0, 0.1) is 6.92 Å². The standard InChI is InChI=1S/C20H23NO4/c1-13-4-7-17(8-5-13)25-15(3)20(22)21-14(2)16-6-9-18-19(12-16)24-11-10-23-18/h4-9,12,14-15H,10-11H2,1-3H3,(H,21,22). The average Bonchev–Trinajstić information content (AvgIpc) is 2.63. The third kappa shape index (κ3) is 4.24. The number of benzene rings is 2. The van der Waals surface area contributed by atoms with Gasteiger partial charge in [-0.3, -0.25) is 4.79 Å². The number of carbonyl (C=O) groups excluding carboxylic acids is 1. The Morgan fingerprint density at radius 1 is 1.04 bits per heavy atom. The van der Waals surface area contributed by atoms with Crippen molar-refractivity contribution in [3.63, 3.8) is 0 Å². The fourth-order valence-electron chi connectivity index (χ4n) is 2.62. The molecule has 2 unspecified atom stereocenters. The van der Waals surface area contributed by atoms with Crippen LogP contribution in [0.15, 0.2) is 42.5 Å². The van der Waals surface area contributed by atoms with E-state index in [1.165, 1.54) is 0 Å². The molecule has 2 aromatic rings. The van der Waals surface area contributed by atoms with E-state index in [0.29, 0.717) is 24.7 Å². The minimum absolute atomic E-state index is 0.160. The van der Waals surface area contributed by atoms with Gasteiger partial charge in [0.2, 0.25) is 0 Å². The first-order valence-electron chi connectivity index (χ1n) is 8.46. The Balaban J connectivity index is 1.60. The van der Waals surface area contributed by atoms with Crippen molar-refractivity contribution in [3.8, 4) is 17.2 Å². The molecule has 1 heterocycles. The first-order valence-corrected chi connectivity index (χ1v) is 8.46. The van der Waals surface area contributed by atoms with Crippen LogP contribution in [0.3, 0.4) is 0 Å². The number of amides is 1. The van der Waals surface area contributed by atoms with Gasteiger partial charge in [-0.25, -0.2) is 0 Å². The summed E-state index contributed by atoms with van der Waals surface area (Å²) < 4.78 is 16.8. The summed E-state index contributed by atoms with van der Waals surface area (Å²) in [6, 6.07) is 13.2. The van der Waals surface area contributed by atoms with Crippen LogP contribution in [0.1, 0.15) is 31.0 Å². The van der Waals surface area contributed by atoms with E-state index < -0.39 is 6.10 Å². The maximum Gasteiger partial charge on any atom is 0.261 e. The lowest BCUT2D eigenvalue weighted by atomic mass is 10.1. The summed E-state index contributed by atoms with van der Waals surface area (Å²) in [5.41, 5.74) is 2.11. The molecular weight excluding hydrogens is 318 g/mol. The monoisotopic (exact) mass is 341 g/mol. The number of ether oxygens (including phenoxy) is 3. The lowest BCUT2D eigenvalue weighted by Crippen LogP contribution is -2.37. The summed E-state index contributed by atoms with van der Waals surface area (Å²) in [7, 11) is 0. The Labute approximate surface area is 147 Å². The molecule has 0 saturated heterocycles. The molecule has 0 spiro atoms. The van der Waals surface area contributed by atoms with E-state index in [2.05, 4.69) is 5.32 Å². The highest BCUT2D eigenvalue weighted by Gasteiger charge is 2.19. The number of hydrogen-bond acceptors (Lipinski definition) is 4. The molecule has 2 atom stereocenters. The zero-order chi connectivity index (χ0) is 17.8. The summed E-state index contributed by atoms with van der Waals surface area (Å²) in [6.45, 7) is 6.79. The number of aryl methyl sites for hydroxylation is 1. The molecule has 0 saturated carbocycles. The minimum Gasteiger partial charge on any atom is -0.486 e. The predicted molar refractivity (Wildman–Crippen MR) is 95.3 cm³/mol. The third-order valence-electron chi connectivity index (χ3n) is 4.13. The van der Waals surface area contributed by atoms with Crippen molar-refractivity contribution in [2.45, 2.75) is 32.9 Å². The van der Waals surface area contributed by atoms with E-state index in [1.54, 1.807) is 6.92 Å². The second kappa shape index (κ2) is 7.47. The van der Waals surface area contributed by atoms with E-state index in [-0.39, 0.29) is 11.9 Å². The Bertz CT molecular complexity index is 742. The topological polar surface area (TPSA) is 56.8 Å². The lowest BCUT2D eigenvalue weighted by Gasteiger charge is -2.22. The zero-order valence-electron chi connectivity index (χ0n) is 14.7. The highest BCUT2D eigenvalue weighted by molar-refractivity contribution is 5.81. The van der Waals surface area contributed by atoms with Crippen molar-refractivity contribution in [3.05, 3.63) is 53.6 Å². The number of carbonyl (C=O) groups is 1. The highest BCUT2D eigenvalue weighted by Crippen LogP contribution is 2.32. The van der Waals surface area contributed by atoms with Crippen molar-refractivity contribution >= 4 is 5.91 Å². The summed E-state index contributed by atoms with van der Waals surface area (Å²) in [5, 5.41) is 2.97. The molecule has 0 radical (unpaired) electrons. The van der Waals surface area contributed by atoms with Crippen molar-refractivity contribution in [2.24, 2.45) is 0 Å². The number of nitrogens with one attached hydrogen (secondary N) is 1. The summed E-state index contributed by atoms with van der Waals surface area (Å²) in [5.74, 6) is 1.97. The summed E-state index contributed by atoms with van der Waals surface area (Å²) >= 11 is 0. The number of hydrogen-bond donors (Lipinski definition) is 1. The first-order chi connectivity index (χ1) is 12.0. The van der Waals surface area contributed by atoms with Crippen LogP contribution in [0.5, 0.6) is 17.2 Å². The molecule has 0 aromatic heterocycles. The molecule has 0 fully saturated rings. The van der Waals surface area contributed by atoms with Gasteiger partial charge in [0.25, 0.3) is 5.91 Å². The van der Waals surface area contributed by atoms with Crippen LogP contribution < -0.4 is 19.5 Å². The smallest absolute Gasteiger partial charge is 0.261 e. The van der Waals surface area contributed by atoms with Crippen molar-refractivity contribution < 1.29 is 19.0 Å². The molecule has 132 valence electrons. The second-order valence-corrected chi connectivity index (χ2v) is 6.21. The van der Waals surface area contributed by atoms with Crippen LogP contribution in [0.2, 0.25) is 0 Å². The fraction of sp³-hybridized carbons (Fsp3) is 0.350. The van der Waals surface area contributed by atoms with Gasteiger partial charge in [-0.1, -0.05) is 23.8 Å². The molecule has 25 heavy (non-hydrogen) atoms. The van der Waals surface area contributed by atoms with Gasteiger partial charge in [0, 0.05) is 0 Å². The van der Waals surface area contributed by atoms with Gasteiger partial charge in [0.15, 0.2) is 17.6 Å². The predicted octanol–water partition coefficient (Wildman–Crippen LogP) is 3.41. The maximum absolute atomic E-state index is 12.4. The largest absolute Gasteiger partial charge is 0.486 e. The van der Waals surface area contributed by atoms with E-state index in [9.17, 15) is 4.79 Å². The molecule has 0 aliphatic carbocycles. The van der Waals surface area contributed by atoms with Crippen LogP contribution in [-0.2, 0) is 4.79 Å². The van der Waals surface area contributed by atoms with Gasteiger partial charge >= 0.3 is 0 Å². The molecule has 5 heteroatoms. The quantitative estimate of drug-likeness (QED) is 0.905. The molecule has 1 amide bonds. The molecule has 1 N–H and O–H groups in total. The fourth-order valence-corrected chi connectivity index (χ4v) is 2.62. The molecule has 1 aliphatic heterocycles. The second-order valence-electron chi connectivity index (χ2n) is 6.21. The third-order valence-corrected chi connectivity index (χ3v) is 4.13. The van der Waals surface area contributed by atoms with Crippen LogP contribution in [0.25, 0.3) is 0 Å². The van der Waals surface area contributed by atoms with Crippen molar-refractivity contribution in [1.82, 2.24) is 5.32 Å². The van der Waals surface area contributed by atoms with E-state index in [0.717, 1.165) is 16.9 Å². The zero-order valence-corrected chi connectivity index (χ0v) is 14.7. The molecule has 2 aromatic carbocycles. The van der Waals surface area contributed by atoms with Crippen molar-refractivity contribution in [1.29, 1.82) is 0 Å². The van der Waals surface area contributed by atoms with Gasteiger partial charge in [-0.15, -0.1) is 0 Å². The van der Waals surface area contributed by atoms with Gasteiger partial charge in [0.1, 0.15) is 19.0 Å².